The molecule has 0 spiro atoms. The highest BCUT2D eigenvalue weighted by atomic mass is 16.5. The Labute approximate surface area is 171 Å². The van der Waals surface area contributed by atoms with E-state index in [1.54, 1.807) is 7.11 Å². The van der Waals surface area contributed by atoms with Crippen LogP contribution in [0.3, 0.4) is 0 Å². The van der Waals surface area contributed by atoms with Crippen LogP contribution < -0.4 is 15.0 Å². The van der Waals surface area contributed by atoms with E-state index in [2.05, 4.69) is 34.0 Å². The molecule has 3 rings (SSSR count). The predicted octanol–water partition coefficient (Wildman–Crippen LogP) is 3.24. The van der Waals surface area contributed by atoms with E-state index in [4.69, 9.17) is 9.72 Å². The number of nitrogens with zero attached hydrogens (tertiary/aromatic N) is 5. The molecule has 3 aromatic rings. The lowest BCUT2D eigenvalue weighted by Crippen LogP contribution is -2.25. The zero-order chi connectivity index (χ0) is 21.0. The third-order valence-electron chi connectivity index (χ3n) is 4.95. The SMILES string of the molecule is CC[C@H](CO)Nc1nc(N(C)Cc2ccc(OC)cc2)c2ncn(C(C)C)c2n1. The van der Waals surface area contributed by atoms with Crippen LogP contribution in [0.4, 0.5) is 11.8 Å². The molecule has 0 aliphatic rings. The number of aliphatic hydroxyl groups excluding tert-OH is 1. The van der Waals surface area contributed by atoms with Crippen molar-refractivity contribution < 1.29 is 9.84 Å². The molecule has 2 N–H and O–H groups in total. The van der Waals surface area contributed by atoms with Crippen LogP contribution in [0.1, 0.15) is 38.8 Å². The van der Waals surface area contributed by atoms with Crippen LogP contribution in [0.25, 0.3) is 11.2 Å². The summed E-state index contributed by atoms with van der Waals surface area (Å²) in [5, 5.41) is 12.8. The van der Waals surface area contributed by atoms with Crippen molar-refractivity contribution >= 4 is 22.9 Å². The standard InChI is InChI=1S/C21H30N6O2/c1-6-16(12-28)23-21-24-19(18-20(25-21)27(13-22-18)14(2)3)26(4)11-15-7-9-17(29-5)10-8-15/h7-10,13-14,16,28H,6,11-12H2,1-5H3,(H,23,24,25)/t16-/m1/s1. The van der Waals surface area contributed by atoms with Gasteiger partial charge in [0.2, 0.25) is 5.95 Å². The van der Waals surface area contributed by atoms with Crippen LogP contribution in [0.2, 0.25) is 0 Å². The van der Waals surface area contributed by atoms with E-state index in [0.29, 0.717) is 12.5 Å². The number of anilines is 2. The third kappa shape index (κ3) is 4.59. The molecular weight excluding hydrogens is 368 g/mol. The van der Waals surface area contributed by atoms with Gasteiger partial charge in [-0.1, -0.05) is 19.1 Å². The van der Waals surface area contributed by atoms with Crippen molar-refractivity contribution in [2.45, 2.75) is 45.8 Å². The number of methoxy groups -OCH3 is 1. The number of hydrogen-bond acceptors (Lipinski definition) is 7. The summed E-state index contributed by atoms with van der Waals surface area (Å²) in [6, 6.07) is 8.11. The van der Waals surface area contributed by atoms with Gasteiger partial charge in [0.15, 0.2) is 17.0 Å². The number of nitrogens with one attached hydrogen (secondary N) is 1. The number of ether oxygens (including phenoxy) is 1. The predicted molar refractivity (Wildman–Crippen MR) is 116 cm³/mol. The molecule has 0 aliphatic heterocycles. The lowest BCUT2D eigenvalue weighted by molar-refractivity contribution is 0.271. The van der Waals surface area contributed by atoms with Crippen LogP contribution >= 0.6 is 0 Å². The molecule has 0 saturated carbocycles. The van der Waals surface area contributed by atoms with E-state index < -0.39 is 0 Å². The summed E-state index contributed by atoms with van der Waals surface area (Å²) in [6.45, 7) is 6.90. The average Bonchev–Trinajstić information content (AvgIpc) is 3.16. The zero-order valence-electron chi connectivity index (χ0n) is 17.8. The van der Waals surface area contributed by atoms with E-state index in [1.807, 2.05) is 49.1 Å². The first-order valence-corrected chi connectivity index (χ1v) is 9.92. The van der Waals surface area contributed by atoms with E-state index >= 15 is 0 Å². The summed E-state index contributed by atoms with van der Waals surface area (Å²) in [4.78, 5) is 16.1. The van der Waals surface area contributed by atoms with Gasteiger partial charge in [-0.2, -0.15) is 9.97 Å². The van der Waals surface area contributed by atoms with Crippen LogP contribution in [0.15, 0.2) is 30.6 Å². The van der Waals surface area contributed by atoms with Gasteiger partial charge >= 0.3 is 0 Å². The number of aromatic nitrogens is 4. The highest BCUT2D eigenvalue weighted by molar-refractivity contribution is 5.85. The summed E-state index contributed by atoms with van der Waals surface area (Å²) in [6.07, 6.45) is 2.58. The lowest BCUT2D eigenvalue weighted by atomic mass is 10.2. The largest absolute Gasteiger partial charge is 0.497 e. The van der Waals surface area contributed by atoms with Crippen molar-refractivity contribution in [3.05, 3.63) is 36.2 Å². The van der Waals surface area contributed by atoms with E-state index in [1.165, 1.54) is 0 Å². The fourth-order valence-corrected chi connectivity index (χ4v) is 3.15. The molecule has 2 aromatic heterocycles. The van der Waals surface area contributed by atoms with Gasteiger partial charge in [0.1, 0.15) is 5.75 Å². The number of rotatable bonds is 9. The second-order valence-electron chi connectivity index (χ2n) is 7.42. The fraction of sp³-hybridized carbons (Fsp3) is 0.476. The normalized spacial score (nSPS) is 12.4. The first kappa shape index (κ1) is 20.9. The Bertz CT molecular complexity index is 934. The molecule has 1 aromatic carbocycles. The van der Waals surface area contributed by atoms with Gasteiger partial charge < -0.3 is 24.6 Å². The first-order valence-electron chi connectivity index (χ1n) is 9.92. The first-order chi connectivity index (χ1) is 14.0. The van der Waals surface area contributed by atoms with Crippen molar-refractivity contribution in [1.82, 2.24) is 19.5 Å². The summed E-state index contributed by atoms with van der Waals surface area (Å²) in [5.74, 6) is 2.08. The molecule has 2 heterocycles. The van der Waals surface area contributed by atoms with Gasteiger partial charge in [0, 0.05) is 19.6 Å². The van der Waals surface area contributed by atoms with Crippen LogP contribution in [-0.4, -0.2) is 51.4 Å². The Balaban J connectivity index is 1.99. The Morgan fingerprint density at radius 2 is 1.93 bits per heavy atom. The monoisotopic (exact) mass is 398 g/mol. The molecule has 1 atom stereocenters. The minimum Gasteiger partial charge on any atom is -0.497 e. The van der Waals surface area contributed by atoms with Gasteiger partial charge in [0.25, 0.3) is 0 Å². The van der Waals surface area contributed by atoms with Crippen molar-refractivity contribution in [2.24, 2.45) is 0 Å². The maximum atomic E-state index is 9.56. The van der Waals surface area contributed by atoms with Crippen molar-refractivity contribution in [3.63, 3.8) is 0 Å². The summed E-state index contributed by atoms with van der Waals surface area (Å²) >= 11 is 0. The quantitative estimate of drug-likeness (QED) is 0.572. The third-order valence-corrected chi connectivity index (χ3v) is 4.95. The Morgan fingerprint density at radius 1 is 1.21 bits per heavy atom. The summed E-state index contributed by atoms with van der Waals surface area (Å²) in [5.41, 5.74) is 2.68. The summed E-state index contributed by atoms with van der Waals surface area (Å²) < 4.78 is 7.27. The lowest BCUT2D eigenvalue weighted by Gasteiger charge is -2.21. The van der Waals surface area contributed by atoms with Crippen LogP contribution in [0.5, 0.6) is 5.75 Å². The molecule has 0 bridgehead atoms. The highest BCUT2D eigenvalue weighted by Crippen LogP contribution is 2.27. The minimum absolute atomic E-state index is 0.0262. The molecule has 0 aliphatic carbocycles. The number of imidazole rings is 1. The van der Waals surface area contributed by atoms with Crippen LogP contribution in [-0.2, 0) is 6.54 Å². The number of benzene rings is 1. The van der Waals surface area contributed by atoms with Crippen LogP contribution in [0, 0.1) is 0 Å². The maximum Gasteiger partial charge on any atom is 0.227 e. The van der Waals surface area contributed by atoms with E-state index in [-0.39, 0.29) is 18.7 Å². The molecular formula is C21H30N6O2. The Morgan fingerprint density at radius 3 is 2.52 bits per heavy atom. The van der Waals surface area contributed by atoms with E-state index in [0.717, 1.165) is 34.7 Å². The zero-order valence-corrected chi connectivity index (χ0v) is 17.8. The van der Waals surface area contributed by atoms with E-state index in [9.17, 15) is 5.11 Å². The second kappa shape index (κ2) is 9.09. The molecule has 8 heteroatoms. The van der Waals surface area contributed by atoms with Gasteiger partial charge in [-0.3, -0.25) is 0 Å². The van der Waals surface area contributed by atoms with Crippen molar-refractivity contribution in [1.29, 1.82) is 0 Å². The topological polar surface area (TPSA) is 88.3 Å². The smallest absolute Gasteiger partial charge is 0.227 e. The molecule has 0 saturated heterocycles. The number of fused-ring (bicyclic) bond motifs is 1. The molecule has 8 nitrogen and oxygen atoms in total. The second-order valence-corrected chi connectivity index (χ2v) is 7.42. The molecule has 29 heavy (non-hydrogen) atoms. The molecule has 0 amide bonds. The Kier molecular flexibility index (Phi) is 6.53. The number of aliphatic hydroxyl groups is 1. The highest BCUT2D eigenvalue weighted by Gasteiger charge is 2.19. The minimum atomic E-state index is -0.0948. The Hall–Kier alpha value is -2.87. The molecule has 0 radical (unpaired) electrons. The van der Waals surface area contributed by atoms with Gasteiger partial charge in [-0.15, -0.1) is 0 Å². The van der Waals surface area contributed by atoms with Crippen molar-refractivity contribution in [3.8, 4) is 5.75 Å². The average molecular weight is 399 g/mol. The van der Waals surface area contributed by atoms with Crippen molar-refractivity contribution in [2.75, 3.05) is 31.0 Å². The fourth-order valence-electron chi connectivity index (χ4n) is 3.15. The number of hydrogen-bond donors (Lipinski definition) is 2. The maximum absolute atomic E-state index is 9.56. The van der Waals surface area contributed by atoms with Gasteiger partial charge in [-0.25, -0.2) is 4.98 Å². The molecule has 0 fully saturated rings. The molecule has 156 valence electrons. The molecule has 0 unspecified atom stereocenters. The summed E-state index contributed by atoms with van der Waals surface area (Å²) in [7, 11) is 3.65. The van der Waals surface area contributed by atoms with Gasteiger partial charge in [-0.05, 0) is 38.0 Å². The van der Waals surface area contributed by atoms with Gasteiger partial charge in [0.05, 0.1) is 26.1 Å².